The minimum absolute atomic E-state index is 0.673. The van der Waals surface area contributed by atoms with Gasteiger partial charge in [0, 0.05) is 17.6 Å². The van der Waals surface area contributed by atoms with Crippen LogP contribution in [0.4, 0.5) is 0 Å². The van der Waals surface area contributed by atoms with E-state index in [0.717, 1.165) is 29.3 Å². The first-order valence-corrected chi connectivity index (χ1v) is 7.59. The van der Waals surface area contributed by atoms with Crippen molar-refractivity contribution in [2.24, 2.45) is 0 Å². The average molecular weight is 279 g/mol. The monoisotopic (exact) mass is 279 g/mol. The van der Waals surface area contributed by atoms with Crippen molar-refractivity contribution >= 4 is 24.0 Å². The fraction of sp³-hybridized carbons (Fsp3) is 0.357. The van der Waals surface area contributed by atoms with Gasteiger partial charge in [-0.3, -0.25) is 0 Å². The highest BCUT2D eigenvalue weighted by molar-refractivity contribution is 7.79. The first-order valence-electron chi connectivity index (χ1n) is 6.07. The molecule has 1 aromatic carbocycles. The zero-order valence-electron chi connectivity index (χ0n) is 10.4. The SMILES string of the molecule is CCc1cccc(OCCc2nc(CS)cs2)c1. The van der Waals surface area contributed by atoms with Crippen LogP contribution in [0, 0.1) is 0 Å². The highest BCUT2D eigenvalue weighted by atomic mass is 32.1. The van der Waals surface area contributed by atoms with E-state index in [2.05, 4.69) is 42.0 Å². The van der Waals surface area contributed by atoms with Crippen molar-refractivity contribution in [2.45, 2.75) is 25.5 Å². The summed E-state index contributed by atoms with van der Waals surface area (Å²) in [5.41, 5.74) is 2.35. The quantitative estimate of drug-likeness (QED) is 0.813. The highest BCUT2D eigenvalue weighted by Crippen LogP contribution is 2.15. The van der Waals surface area contributed by atoms with E-state index in [-0.39, 0.29) is 0 Å². The van der Waals surface area contributed by atoms with Crippen LogP contribution in [0.2, 0.25) is 0 Å². The molecule has 96 valence electrons. The highest BCUT2D eigenvalue weighted by Gasteiger charge is 2.01. The molecule has 0 aliphatic heterocycles. The Labute approximate surface area is 117 Å². The smallest absolute Gasteiger partial charge is 0.119 e. The summed E-state index contributed by atoms with van der Waals surface area (Å²) >= 11 is 5.88. The number of thiol groups is 1. The molecule has 0 bridgehead atoms. The van der Waals surface area contributed by atoms with E-state index in [1.807, 2.05) is 12.1 Å². The summed E-state index contributed by atoms with van der Waals surface area (Å²) in [5, 5.41) is 3.17. The summed E-state index contributed by atoms with van der Waals surface area (Å²) in [4.78, 5) is 4.46. The minimum atomic E-state index is 0.673. The Bertz CT molecular complexity index is 496. The van der Waals surface area contributed by atoms with Crippen molar-refractivity contribution in [1.29, 1.82) is 0 Å². The lowest BCUT2D eigenvalue weighted by Crippen LogP contribution is -2.01. The van der Waals surface area contributed by atoms with Crippen LogP contribution in [0.3, 0.4) is 0 Å². The lowest BCUT2D eigenvalue weighted by molar-refractivity contribution is 0.321. The second-order valence-corrected chi connectivity index (χ2v) is 5.25. The van der Waals surface area contributed by atoms with Gasteiger partial charge >= 0.3 is 0 Å². The summed E-state index contributed by atoms with van der Waals surface area (Å²) in [7, 11) is 0. The summed E-state index contributed by atoms with van der Waals surface area (Å²) < 4.78 is 5.74. The van der Waals surface area contributed by atoms with Crippen molar-refractivity contribution < 1.29 is 4.74 Å². The van der Waals surface area contributed by atoms with Crippen LogP contribution >= 0.6 is 24.0 Å². The van der Waals surface area contributed by atoms with Gasteiger partial charge in [-0.1, -0.05) is 19.1 Å². The van der Waals surface area contributed by atoms with Crippen molar-refractivity contribution in [2.75, 3.05) is 6.61 Å². The maximum Gasteiger partial charge on any atom is 0.119 e. The molecule has 0 aliphatic carbocycles. The molecule has 1 aromatic heterocycles. The molecule has 4 heteroatoms. The van der Waals surface area contributed by atoms with Gasteiger partial charge in [0.05, 0.1) is 17.3 Å². The number of hydrogen-bond donors (Lipinski definition) is 1. The molecule has 0 fully saturated rings. The Morgan fingerprint density at radius 1 is 1.39 bits per heavy atom. The Morgan fingerprint density at radius 3 is 3.00 bits per heavy atom. The normalized spacial score (nSPS) is 10.6. The number of hydrogen-bond acceptors (Lipinski definition) is 4. The fourth-order valence-corrected chi connectivity index (χ4v) is 2.71. The maximum atomic E-state index is 5.74. The van der Waals surface area contributed by atoms with Gasteiger partial charge in [0.25, 0.3) is 0 Å². The van der Waals surface area contributed by atoms with E-state index in [1.54, 1.807) is 11.3 Å². The van der Waals surface area contributed by atoms with Crippen LogP contribution in [0.15, 0.2) is 29.6 Å². The molecule has 0 aliphatic rings. The lowest BCUT2D eigenvalue weighted by Gasteiger charge is -2.06. The van der Waals surface area contributed by atoms with Gasteiger partial charge in [0.2, 0.25) is 0 Å². The number of ether oxygens (including phenoxy) is 1. The maximum absolute atomic E-state index is 5.74. The number of aryl methyl sites for hydroxylation is 1. The second-order valence-electron chi connectivity index (χ2n) is 3.99. The Kier molecular flexibility index (Phi) is 5.08. The van der Waals surface area contributed by atoms with E-state index in [1.165, 1.54) is 5.56 Å². The van der Waals surface area contributed by atoms with Crippen molar-refractivity contribution in [3.8, 4) is 5.75 Å². The van der Waals surface area contributed by atoms with Crippen LogP contribution in [0.1, 0.15) is 23.2 Å². The lowest BCUT2D eigenvalue weighted by atomic mass is 10.2. The van der Waals surface area contributed by atoms with Crippen molar-refractivity contribution in [3.05, 3.63) is 45.9 Å². The molecule has 0 saturated heterocycles. The summed E-state index contributed by atoms with van der Waals surface area (Å²) in [6, 6.07) is 8.25. The Balaban J connectivity index is 1.84. The van der Waals surface area contributed by atoms with E-state index in [0.29, 0.717) is 12.4 Å². The van der Waals surface area contributed by atoms with E-state index >= 15 is 0 Å². The molecule has 0 radical (unpaired) electrons. The molecular formula is C14H17NOS2. The molecule has 0 unspecified atom stereocenters. The van der Waals surface area contributed by atoms with Gasteiger partial charge in [0.1, 0.15) is 5.75 Å². The molecule has 2 rings (SSSR count). The summed E-state index contributed by atoms with van der Waals surface area (Å²) in [5.74, 6) is 1.65. The standard InChI is InChI=1S/C14H17NOS2/c1-2-11-4-3-5-13(8-11)16-7-6-14-15-12(9-17)10-18-14/h3-5,8,10,17H,2,6-7,9H2,1H3. The fourth-order valence-electron chi connectivity index (χ4n) is 1.65. The number of rotatable bonds is 6. The van der Waals surface area contributed by atoms with Gasteiger partial charge in [0.15, 0.2) is 0 Å². The van der Waals surface area contributed by atoms with Crippen LogP contribution in [0.5, 0.6) is 5.75 Å². The molecular weight excluding hydrogens is 262 g/mol. The number of thiazole rings is 1. The van der Waals surface area contributed by atoms with Crippen molar-refractivity contribution in [3.63, 3.8) is 0 Å². The molecule has 0 spiro atoms. The third-order valence-electron chi connectivity index (χ3n) is 2.65. The van der Waals surface area contributed by atoms with Crippen LogP contribution in [-0.4, -0.2) is 11.6 Å². The molecule has 2 aromatic rings. The van der Waals surface area contributed by atoms with E-state index in [4.69, 9.17) is 4.74 Å². The van der Waals surface area contributed by atoms with Crippen LogP contribution < -0.4 is 4.74 Å². The van der Waals surface area contributed by atoms with Gasteiger partial charge in [-0.2, -0.15) is 12.6 Å². The Morgan fingerprint density at radius 2 is 2.28 bits per heavy atom. The first-order chi connectivity index (χ1) is 8.81. The molecule has 2 nitrogen and oxygen atoms in total. The van der Waals surface area contributed by atoms with Crippen LogP contribution in [0.25, 0.3) is 0 Å². The largest absolute Gasteiger partial charge is 0.493 e. The predicted octanol–water partition coefficient (Wildman–Crippen LogP) is 3.76. The van der Waals surface area contributed by atoms with E-state index in [9.17, 15) is 0 Å². The van der Waals surface area contributed by atoms with Crippen molar-refractivity contribution in [1.82, 2.24) is 4.98 Å². The average Bonchev–Trinajstić information content (AvgIpc) is 2.87. The predicted molar refractivity (Wildman–Crippen MR) is 79.8 cm³/mol. The van der Waals surface area contributed by atoms with Gasteiger partial charge in [-0.25, -0.2) is 4.98 Å². The Hall–Kier alpha value is -1.00. The number of benzene rings is 1. The summed E-state index contributed by atoms with van der Waals surface area (Å²) in [6.07, 6.45) is 1.89. The topological polar surface area (TPSA) is 22.1 Å². The third kappa shape index (κ3) is 3.75. The molecule has 0 saturated carbocycles. The second kappa shape index (κ2) is 6.81. The molecule has 18 heavy (non-hydrogen) atoms. The first kappa shape index (κ1) is 13.4. The van der Waals surface area contributed by atoms with Gasteiger partial charge < -0.3 is 4.74 Å². The number of nitrogens with zero attached hydrogens (tertiary/aromatic N) is 1. The third-order valence-corrected chi connectivity index (χ3v) is 3.93. The summed E-state index contributed by atoms with van der Waals surface area (Å²) in [6.45, 7) is 2.82. The zero-order valence-corrected chi connectivity index (χ0v) is 12.1. The van der Waals surface area contributed by atoms with Gasteiger partial charge in [-0.15, -0.1) is 11.3 Å². The van der Waals surface area contributed by atoms with Gasteiger partial charge in [-0.05, 0) is 24.1 Å². The zero-order chi connectivity index (χ0) is 12.8. The molecule has 0 atom stereocenters. The molecule has 0 amide bonds. The molecule has 0 N–H and O–H groups in total. The van der Waals surface area contributed by atoms with Crippen LogP contribution in [-0.2, 0) is 18.6 Å². The molecule has 1 heterocycles. The minimum Gasteiger partial charge on any atom is -0.493 e. The number of aromatic nitrogens is 1. The van der Waals surface area contributed by atoms with E-state index < -0.39 is 0 Å².